The van der Waals surface area contributed by atoms with Gasteiger partial charge in [0.05, 0.1) is 23.9 Å². The monoisotopic (exact) mass is 316 g/mol. The average Bonchev–Trinajstić information content (AvgIpc) is 2.91. The summed E-state index contributed by atoms with van der Waals surface area (Å²) in [5.41, 5.74) is 1.31. The lowest BCUT2D eigenvalue weighted by molar-refractivity contribution is 0.0717. The van der Waals surface area contributed by atoms with Crippen molar-refractivity contribution >= 4 is 16.9 Å². The van der Waals surface area contributed by atoms with Crippen molar-refractivity contribution in [2.45, 2.75) is 58.2 Å². The summed E-state index contributed by atoms with van der Waals surface area (Å²) < 4.78 is 1.87. The van der Waals surface area contributed by atoms with E-state index in [2.05, 4.69) is 29.2 Å². The van der Waals surface area contributed by atoms with Crippen molar-refractivity contribution in [3.05, 3.63) is 24.0 Å². The van der Waals surface area contributed by atoms with E-state index in [4.69, 9.17) is 0 Å². The maximum Gasteiger partial charge on any atom is 0.253 e. The molecule has 2 aromatic heterocycles. The summed E-state index contributed by atoms with van der Waals surface area (Å²) in [5, 5.41) is 18.1. The molecule has 1 aliphatic rings. The Labute approximate surface area is 135 Å². The van der Waals surface area contributed by atoms with E-state index < -0.39 is 6.10 Å². The first-order chi connectivity index (χ1) is 11.0. The Bertz CT molecular complexity index is 695. The molecule has 1 aliphatic carbocycles. The van der Waals surface area contributed by atoms with Gasteiger partial charge in [0.15, 0.2) is 5.65 Å². The molecule has 0 bridgehead atoms. The van der Waals surface area contributed by atoms with Gasteiger partial charge in [-0.2, -0.15) is 5.10 Å². The van der Waals surface area contributed by atoms with Gasteiger partial charge in [0, 0.05) is 18.1 Å². The van der Waals surface area contributed by atoms with Gasteiger partial charge in [0.25, 0.3) is 5.91 Å². The van der Waals surface area contributed by atoms with Crippen LogP contribution in [0.5, 0.6) is 0 Å². The molecule has 124 valence electrons. The third-order valence-corrected chi connectivity index (χ3v) is 4.32. The van der Waals surface area contributed by atoms with Crippen molar-refractivity contribution in [3.8, 4) is 0 Å². The average molecular weight is 316 g/mol. The zero-order valence-electron chi connectivity index (χ0n) is 13.7. The summed E-state index contributed by atoms with van der Waals surface area (Å²) in [7, 11) is 0. The molecule has 1 fully saturated rings. The molecule has 2 aromatic rings. The number of aliphatic hydroxyl groups is 1. The number of amides is 1. The molecule has 6 heteroatoms. The lowest BCUT2D eigenvalue weighted by atomic mass is 9.92. The quantitative estimate of drug-likeness (QED) is 0.905. The number of nitrogens with one attached hydrogen (secondary N) is 1. The number of fused-ring (bicyclic) bond motifs is 1. The molecule has 2 unspecified atom stereocenters. The Morgan fingerprint density at radius 3 is 2.91 bits per heavy atom. The van der Waals surface area contributed by atoms with Crippen LogP contribution in [0.4, 0.5) is 0 Å². The van der Waals surface area contributed by atoms with Crippen molar-refractivity contribution in [1.29, 1.82) is 0 Å². The minimum Gasteiger partial charge on any atom is -0.391 e. The fraction of sp³-hybridized carbons (Fsp3) is 0.588. The SMILES string of the molecule is CC(C)Cn1ncc2cc(C(=O)NC3CCCCC3O)cnc21. The first-order valence-electron chi connectivity index (χ1n) is 8.35. The highest BCUT2D eigenvalue weighted by atomic mass is 16.3. The maximum atomic E-state index is 12.4. The number of hydrogen-bond donors (Lipinski definition) is 2. The summed E-state index contributed by atoms with van der Waals surface area (Å²) in [6.45, 7) is 5.06. The lowest BCUT2D eigenvalue weighted by Gasteiger charge is -2.28. The van der Waals surface area contributed by atoms with Gasteiger partial charge in [-0.15, -0.1) is 0 Å². The van der Waals surface area contributed by atoms with Gasteiger partial charge in [-0.3, -0.25) is 4.79 Å². The molecular formula is C17H24N4O2. The second-order valence-corrected chi connectivity index (χ2v) is 6.79. The van der Waals surface area contributed by atoms with Crippen molar-refractivity contribution in [1.82, 2.24) is 20.1 Å². The zero-order valence-corrected chi connectivity index (χ0v) is 13.7. The third kappa shape index (κ3) is 3.52. The van der Waals surface area contributed by atoms with Gasteiger partial charge in [-0.05, 0) is 24.8 Å². The van der Waals surface area contributed by atoms with Crippen molar-refractivity contribution in [3.63, 3.8) is 0 Å². The first-order valence-corrected chi connectivity index (χ1v) is 8.35. The molecule has 1 saturated carbocycles. The first kappa shape index (κ1) is 15.9. The van der Waals surface area contributed by atoms with Crippen LogP contribution in [0.3, 0.4) is 0 Å². The largest absolute Gasteiger partial charge is 0.391 e. The van der Waals surface area contributed by atoms with E-state index in [1.807, 2.05) is 10.7 Å². The van der Waals surface area contributed by atoms with Gasteiger partial charge in [-0.25, -0.2) is 9.67 Å². The topological polar surface area (TPSA) is 80.0 Å². The molecule has 2 heterocycles. The Balaban J connectivity index is 1.76. The maximum absolute atomic E-state index is 12.4. The Kier molecular flexibility index (Phi) is 4.61. The zero-order chi connectivity index (χ0) is 16.4. The summed E-state index contributed by atoms with van der Waals surface area (Å²) in [4.78, 5) is 16.8. The van der Waals surface area contributed by atoms with Crippen molar-refractivity contribution in [2.75, 3.05) is 0 Å². The molecule has 0 aromatic carbocycles. The lowest BCUT2D eigenvalue weighted by Crippen LogP contribution is -2.45. The molecule has 2 atom stereocenters. The van der Waals surface area contributed by atoms with E-state index in [9.17, 15) is 9.90 Å². The minimum atomic E-state index is -0.446. The Morgan fingerprint density at radius 2 is 2.17 bits per heavy atom. The predicted octanol–water partition coefficient (Wildman–Crippen LogP) is 2.12. The second kappa shape index (κ2) is 6.66. The van der Waals surface area contributed by atoms with Crippen LogP contribution in [0.1, 0.15) is 49.9 Å². The van der Waals surface area contributed by atoms with E-state index in [-0.39, 0.29) is 11.9 Å². The number of carbonyl (C=O) groups excluding carboxylic acids is 1. The van der Waals surface area contributed by atoms with Gasteiger partial charge in [0.2, 0.25) is 0 Å². The van der Waals surface area contributed by atoms with Crippen LogP contribution in [0.2, 0.25) is 0 Å². The molecule has 0 radical (unpaired) electrons. The van der Waals surface area contributed by atoms with Crippen molar-refractivity contribution < 1.29 is 9.90 Å². The second-order valence-electron chi connectivity index (χ2n) is 6.79. The molecule has 3 rings (SSSR count). The molecule has 6 nitrogen and oxygen atoms in total. The minimum absolute atomic E-state index is 0.157. The summed E-state index contributed by atoms with van der Waals surface area (Å²) in [5.74, 6) is 0.303. The van der Waals surface area contributed by atoms with E-state index >= 15 is 0 Å². The Hall–Kier alpha value is -1.95. The van der Waals surface area contributed by atoms with Gasteiger partial charge in [0.1, 0.15) is 0 Å². The number of aliphatic hydroxyl groups excluding tert-OH is 1. The van der Waals surface area contributed by atoms with Crippen LogP contribution in [-0.4, -0.2) is 37.9 Å². The van der Waals surface area contributed by atoms with Crippen LogP contribution in [0, 0.1) is 5.92 Å². The van der Waals surface area contributed by atoms with E-state index in [0.29, 0.717) is 11.5 Å². The molecule has 0 saturated heterocycles. The number of aromatic nitrogens is 3. The molecular weight excluding hydrogens is 292 g/mol. The highest BCUT2D eigenvalue weighted by Gasteiger charge is 2.25. The number of nitrogens with zero attached hydrogens (tertiary/aromatic N) is 3. The Morgan fingerprint density at radius 1 is 1.39 bits per heavy atom. The smallest absolute Gasteiger partial charge is 0.253 e. The van der Waals surface area contributed by atoms with Gasteiger partial charge in [-0.1, -0.05) is 26.7 Å². The standard InChI is InChI=1S/C17H24N4O2/c1-11(2)10-21-16-12(9-19-21)7-13(8-18-16)17(23)20-14-5-3-4-6-15(14)22/h7-9,11,14-15,22H,3-6,10H2,1-2H3,(H,20,23). The fourth-order valence-corrected chi connectivity index (χ4v) is 3.11. The van der Waals surface area contributed by atoms with Crippen LogP contribution in [-0.2, 0) is 6.54 Å². The van der Waals surface area contributed by atoms with Crippen LogP contribution >= 0.6 is 0 Å². The van der Waals surface area contributed by atoms with Gasteiger partial charge >= 0.3 is 0 Å². The molecule has 23 heavy (non-hydrogen) atoms. The molecule has 0 aliphatic heterocycles. The van der Waals surface area contributed by atoms with E-state index in [1.54, 1.807) is 12.4 Å². The van der Waals surface area contributed by atoms with Crippen molar-refractivity contribution in [2.24, 2.45) is 5.92 Å². The number of rotatable bonds is 4. The predicted molar refractivity (Wildman–Crippen MR) is 88.1 cm³/mol. The fourth-order valence-electron chi connectivity index (χ4n) is 3.11. The molecule has 0 spiro atoms. The number of carbonyl (C=O) groups is 1. The number of hydrogen-bond acceptors (Lipinski definition) is 4. The van der Waals surface area contributed by atoms with E-state index in [0.717, 1.165) is 43.3 Å². The summed E-state index contributed by atoms with van der Waals surface area (Å²) in [6.07, 6.45) is 6.54. The molecule has 1 amide bonds. The third-order valence-electron chi connectivity index (χ3n) is 4.32. The van der Waals surface area contributed by atoms with Crippen LogP contribution in [0.25, 0.3) is 11.0 Å². The normalized spacial score (nSPS) is 21.7. The summed E-state index contributed by atoms with van der Waals surface area (Å²) >= 11 is 0. The highest BCUT2D eigenvalue weighted by Crippen LogP contribution is 2.19. The van der Waals surface area contributed by atoms with Crippen LogP contribution in [0.15, 0.2) is 18.5 Å². The molecule has 2 N–H and O–H groups in total. The van der Waals surface area contributed by atoms with E-state index in [1.165, 1.54) is 0 Å². The number of pyridine rings is 1. The summed E-state index contributed by atoms with van der Waals surface area (Å²) in [6, 6.07) is 1.66. The van der Waals surface area contributed by atoms with Crippen LogP contribution < -0.4 is 5.32 Å². The van der Waals surface area contributed by atoms with Gasteiger partial charge < -0.3 is 10.4 Å². The highest BCUT2D eigenvalue weighted by molar-refractivity contribution is 5.97.